The van der Waals surface area contributed by atoms with E-state index in [2.05, 4.69) is 6.92 Å². The molecule has 0 aliphatic carbocycles. The number of ether oxygens (including phenoxy) is 2. The fourth-order valence-corrected chi connectivity index (χ4v) is 3.07. The Morgan fingerprint density at radius 1 is 1.33 bits per heavy atom. The summed E-state index contributed by atoms with van der Waals surface area (Å²) in [5.74, 6) is 0.808. The van der Waals surface area contributed by atoms with E-state index >= 15 is 0 Å². The highest BCUT2D eigenvalue weighted by Crippen LogP contribution is 2.33. The van der Waals surface area contributed by atoms with Gasteiger partial charge in [0.05, 0.1) is 19.3 Å². The zero-order valence-electron chi connectivity index (χ0n) is 13.0. The van der Waals surface area contributed by atoms with Crippen LogP contribution < -0.4 is 10.5 Å². The molecule has 2 rings (SSSR count). The van der Waals surface area contributed by atoms with Gasteiger partial charge < -0.3 is 15.2 Å². The van der Waals surface area contributed by atoms with E-state index in [1.165, 1.54) is 6.07 Å². The Balaban J connectivity index is 1.87. The summed E-state index contributed by atoms with van der Waals surface area (Å²) in [5, 5.41) is 0. The molecule has 1 heterocycles. The van der Waals surface area contributed by atoms with Crippen LogP contribution in [0.25, 0.3) is 0 Å². The third-order valence-electron chi connectivity index (χ3n) is 4.33. The molecule has 0 bridgehead atoms. The van der Waals surface area contributed by atoms with Crippen molar-refractivity contribution in [2.24, 2.45) is 5.73 Å². The van der Waals surface area contributed by atoms with Gasteiger partial charge in [-0.15, -0.1) is 0 Å². The summed E-state index contributed by atoms with van der Waals surface area (Å²) in [5.41, 5.74) is 6.51. The number of benzene rings is 1. The van der Waals surface area contributed by atoms with E-state index in [0.717, 1.165) is 43.4 Å². The highest BCUT2D eigenvalue weighted by molar-refractivity contribution is 5.36. The average Bonchev–Trinajstić information content (AvgIpc) is 2.93. The zero-order chi connectivity index (χ0) is 15.2. The SMILES string of the molecule is COc1ccc(F)cc1C(C)CCC1CCC(CCN)O1. The molecule has 118 valence electrons. The second-order valence-corrected chi connectivity index (χ2v) is 5.90. The van der Waals surface area contributed by atoms with Crippen molar-refractivity contribution in [1.82, 2.24) is 0 Å². The predicted octanol–water partition coefficient (Wildman–Crippen LogP) is 3.61. The second kappa shape index (κ2) is 7.76. The number of hydrogen-bond acceptors (Lipinski definition) is 3. The molecule has 3 nitrogen and oxygen atoms in total. The average molecular weight is 295 g/mol. The van der Waals surface area contributed by atoms with Crippen LogP contribution in [-0.4, -0.2) is 25.9 Å². The van der Waals surface area contributed by atoms with Crippen LogP contribution in [0.2, 0.25) is 0 Å². The number of nitrogens with two attached hydrogens (primary N) is 1. The zero-order valence-corrected chi connectivity index (χ0v) is 13.0. The van der Waals surface area contributed by atoms with Gasteiger partial charge in [-0.05, 0) is 68.3 Å². The quantitative estimate of drug-likeness (QED) is 0.835. The molecule has 3 unspecified atom stereocenters. The first-order valence-corrected chi connectivity index (χ1v) is 7.83. The normalized spacial score (nSPS) is 23.2. The minimum absolute atomic E-state index is 0.210. The minimum Gasteiger partial charge on any atom is -0.496 e. The van der Waals surface area contributed by atoms with E-state index in [-0.39, 0.29) is 11.7 Å². The van der Waals surface area contributed by atoms with E-state index in [9.17, 15) is 4.39 Å². The molecule has 0 aromatic heterocycles. The molecule has 1 aliphatic heterocycles. The van der Waals surface area contributed by atoms with Crippen LogP contribution in [0.15, 0.2) is 18.2 Å². The molecule has 4 heteroatoms. The molecule has 1 aliphatic rings. The van der Waals surface area contributed by atoms with Crippen molar-refractivity contribution in [3.05, 3.63) is 29.6 Å². The van der Waals surface area contributed by atoms with Gasteiger partial charge in [0.2, 0.25) is 0 Å². The van der Waals surface area contributed by atoms with E-state index in [1.54, 1.807) is 19.2 Å². The van der Waals surface area contributed by atoms with Gasteiger partial charge in [-0.3, -0.25) is 0 Å². The first kappa shape index (κ1) is 16.2. The lowest BCUT2D eigenvalue weighted by atomic mass is 9.93. The highest BCUT2D eigenvalue weighted by Gasteiger charge is 2.25. The summed E-state index contributed by atoms with van der Waals surface area (Å²) < 4.78 is 24.7. The fourth-order valence-electron chi connectivity index (χ4n) is 3.07. The first-order chi connectivity index (χ1) is 10.1. The molecule has 1 aromatic carbocycles. The lowest BCUT2D eigenvalue weighted by Gasteiger charge is -2.18. The molecular weight excluding hydrogens is 269 g/mol. The van der Waals surface area contributed by atoms with Crippen molar-refractivity contribution >= 4 is 0 Å². The summed E-state index contributed by atoms with van der Waals surface area (Å²) in [4.78, 5) is 0. The van der Waals surface area contributed by atoms with Crippen molar-refractivity contribution < 1.29 is 13.9 Å². The lowest BCUT2D eigenvalue weighted by molar-refractivity contribution is 0.0357. The molecular formula is C17H26FNO2. The third-order valence-corrected chi connectivity index (χ3v) is 4.33. The number of rotatable bonds is 7. The maximum Gasteiger partial charge on any atom is 0.123 e. The molecule has 1 aromatic rings. The van der Waals surface area contributed by atoms with Crippen molar-refractivity contribution in [2.45, 2.75) is 57.2 Å². The van der Waals surface area contributed by atoms with Gasteiger partial charge in [0.1, 0.15) is 11.6 Å². The predicted molar refractivity (Wildman–Crippen MR) is 82.2 cm³/mol. The second-order valence-electron chi connectivity index (χ2n) is 5.90. The van der Waals surface area contributed by atoms with E-state index < -0.39 is 0 Å². The van der Waals surface area contributed by atoms with Crippen LogP contribution in [0.5, 0.6) is 5.75 Å². The Bertz CT molecular complexity index is 452. The molecule has 0 spiro atoms. The van der Waals surface area contributed by atoms with Crippen LogP contribution in [-0.2, 0) is 4.74 Å². The summed E-state index contributed by atoms with van der Waals surface area (Å²) in [7, 11) is 1.63. The molecule has 21 heavy (non-hydrogen) atoms. The molecule has 0 saturated carbocycles. The van der Waals surface area contributed by atoms with Gasteiger partial charge in [0.25, 0.3) is 0 Å². The summed E-state index contributed by atoms with van der Waals surface area (Å²) in [6.07, 6.45) is 5.80. The van der Waals surface area contributed by atoms with E-state index in [1.807, 2.05) is 0 Å². The first-order valence-electron chi connectivity index (χ1n) is 7.83. The molecule has 1 fully saturated rings. The number of hydrogen-bond donors (Lipinski definition) is 1. The van der Waals surface area contributed by atoms with Gasteiger partial charge in [-0.2, -0.15) is 0 Å². The Kier molecular flexibility index (Phi) is 6.00. The van der Waals surface area contributed by atoms with Gasteiger partial charge in [0, 0.05) is 0 Å². The topological polar surface area (TPSA) is 44.5 Å². The summed E-state index contributed by atoms with van der Waals surface area (Å²) in [6.45, 7) is 2.80. The van der Waals surface area contributed by atoms with Crippen LogP contribution >= 0.6 is 0 Å². The van der Waals surface area contributed by atoms with Crippen LogP contribution in [0.1, 0.15) is 50.5 Å². The van der Waals surface area contributed by atoms with Crippen molar-refractivity contribution in [1.29, 1.82) is 0 Å². The van der Waals surface area contributed by atoms with Crippen molar-refractivity contribution in [3.8, 4) is 5.75 Å². The smallest absolute Gasteiger partial charge is 0.123 e. The number of halogens is 1. The maximum atomic E-state index is 13.4. The molecule has 2 N–H and O–H groups in total. The fraction of sp³-hybridized carbons (Fsp3) is 0.647. The largest absolute Gasteiger partial charge is 0.496 e. The van der Waals surface area contributed by atoms with E-state index in [0.29, 0.717) is 18.8 Å². The molecule has 3 atom stereocenters. The van der Waals surface area contributed by atoms with E-state index in [4.69, 9.17) is 15.2 Å². The van der Waals surface area contributed by atoms with Crippen LogP contribution in [0.4, 0.5) is 4.39 Å². The van der Waals surface area contributed by atoms with Crippen LogP contribution in [0.3, 0.4) is 0 Å². The van der Waals surface area contributed by atoms with Gasteiger partial charge >= 0.3 is 0 Å². The highest BCUT2D eigenvalue weighted by atomic mass is 19.1. The number of methoxy groups -OCH3 is 1. The monoisotopic (exact) mass is 295 g/mol. The minimum atomic E-state index is -0.210. The van der Waals surface area contributed by atoms with Crippen molar-refractivity contribution in [2.75, 3.05) is 13.7 Å². The summed E-state index contributed by atoms with van der Waals surface area (Å²) >= 11 is 0. The summed E-state index contributed by atoms with van der Waals surface area (Å²) in [6, 6.07) is 4.72. The molecule has 0 amide bonds. The van der Waals surface area contributed by atoms with Gasteiger partial charge in [-0.25, -0.2) is 4.39 Å². The van der Waals surface area contributed by atoms with Gasteiger partial charge in [-0.1, -0.05) is 6.92 Å². The Hall–Kier alpha value is -1.13. The Labute approximate surface area is 126 Å². The maximum absolute atomic E-state index is 13.4. The molecule has 1 saturated heterocycles. The standard InChI is InChI=1S/C17H26FNO2/c1-12(16-11-13(18)4-8-17(16)20-2)3-5-14-6-7-15(21-14)9-10-19/h4,8,11-12,14-15H,3,5-7,9-10,19H2,1-2H3. The third kappa shape index (κ3) is 4.42. The Morgan fingerprint density at radius 3 is 2.71 bits per heavy atom. The van der Waals surface area contributed by atoms with Crippen LogP contribution in [0, 0.1) is 5.82 Å². The Morgan fingerprint density at radius 2 is 2.05 bits per heavy atom. The molecule has 0 radical (unpaired) electrons. The van der Waals surface area contributed by atoms with Crippen molar-refractivity contribution in [3.63, 3.8) is 0 Å². The lowest BCUT2D eigenvalue weighted by Crippen LogP contribution is -2.15. The van der Waals surface area contributed by atoms with Gasteiger partial charge in [0.15, 0.2) is 0 Å².